The van der Waals surface area contributed by atoms with Gasteiger partial charge in [-0.3, -0.25) is 4.99 Å². The van der Waals surface area contributed by atoms with Crippen LogP contribution in [-0.4, -0.2) is 62.5 Å². The van der Waals surface area contributed by atoms with Crippen LogP contribution in [0.1, 0.15) is 65.2 Å². The number of aliphatic imine (C=N–C) groups is 1. The zero-order valence-corrected chi connectivity index (χ0v) is 15.8. The maximum atomic E-state index is 5.99. The van der Waals surface area contributed by atoms with Gasteiger partial charge in [0.05, 0.1) is 12.2 Å². The Morgan fingerprint density at radius 2 is 1.71 bits per heavy atom. The topological polar surface area (TPSA) is 46.1 Å². The van der Waals surface area contributed by atoms with Gasteiger partial charge >= 0.3 is 0 Å². The molecular formula is C19H37N3O2. The summed E-state index contributed by atoms with van der Waals surface area (Å²) in [7, 11) is 0. The van der Waals surface area contributed by atoms with Crippen LogP contribution >= 0.6 is 0 Å². The Bertz CT molecular complexity index is 349. The molecule has 1 saturated heterocycles. The molecule has 0 aromatic carbocycles. The third kappa shape index (κ3) is 6.98. The Kier molecular flexibility index (Phi) is 9.51. The number of likely N-dealkylation sites (tertiary alicyclic amines) is 1. The fourth-order valence-electron chi connectivity index (χ4n) is 3.63. The molecule has 1 aliphatic heterocycles. The second kappa shape index (κ2) is 11.7. The van der Waals surface area contributed by atoms with E-state index in [0.29, 0.717) is 12.2 Å². The average molecular weight is 340 g/mol. The molecule has 24 heavy (non-hydrogen) atoms. The van der Waals surface area contributed by atoms with Crippen molar-refractivity contribution in [3.05, 3.63) is 0 Å². The van der Waals surface area contributed by atoms with E-state index >= 15 is 0 Å². The number of guanidine groups is 1. The van der Waals surface area contributed by atoms with Crippen LogP contribution in [0.5, 0.6) is 0 Å². The standard InChI is InChI=1S/C19H37N3O2/c1-3-20-19(22-14-11-18(12-15-22)23-4-2)21-13-8-16-24-17-9-6-5-7-10-17/h17-18H,3-16H2,1-2H3,(H,20,21). The molecule has 5 nitrogen and oxygen atoms in total. The van der Waals surface area contributed by atoms with Gasteiger partial charge in [0.25, 0.3) is 0 Å². The molecule has 0 unspecified atom stereocenters. The number of nitrogens with zero attached hydrogens (tertiary/aromatic N) is 2. The van der Waals surface area contributed by atoms with Crippen LogP contribution in [-0.2, 0) is 9.47 Å². The first kappa shape index (κ1) is 19.5. The SMILES string of the molecule is CCNC(=NCCCOC1CCCCC1)N1CCC(OCC)CC1. The lowest BCUT2D eigenvalue weighted by Crippen LogP contribution is -2.47. The predicted molar refractivity (Wildman–Crippen MR) is 99.6 cm³/mol. The monoisotopic (exact) mass is 339 g/mol. The highest BCUT2D eigenvalue weighted by Crippen LogP contribution is 2.20. The van der Waals surface area contributed by atoms with E-state index in [4.69, 9.17) is 14.5 Å². The van der Waals surface area contributed by atoms with Crippen LogP contribution in [0.4, 0.5) is 0 Å². The third-order valence-corrected chi connectivity index (χ3v) is 4.95. The number of ether oxygens (including phenoxy) is 2. The number of nitrogens with one attached hydrogen (secondary N) is 1. The van der Waals surface area contributed by atoms with E-state index in [1.54, 1.807) is 0 Å². The van der Waals surface area contributed by atoms with Gasteiger partial charge in [0, 0.05) is 39.4 Å². The maximum Gasteiger partial charge on any atom is 0.193 e. The van der Waals surface area contributed by atoms with Gasteiger partial charge in [0.15, 0.2) is 5.96 Å². The minimum atomic E-state index is 0.429. The van der Waals surface area contributed by atoms with E-state index in [9.17, 15) is 0 Å². The molecule has 2 fully saturated rings. The molecule has 1 heterocycles. The van der Waals surface area contributed by atoms with Crippen molar-refractivity contribution in [3.63, 3.8) is 0 Å². The van der Waals surface area contributed by atoms with Crippen molar-refractivity contribution in [2.75, 3.05) is 39.4 Å². The summed E-state index contributed by atoms with van der Waals surface area (Å²) in [4.78, 5) is 7.18. The van der Waals surface area contributed by atoms with Crippen LogP contribution in [0.25, 0.3) is 0 Å². The summed E-state index contributed by atoms with van der Waals surface area (Å²) in [5.74, 6) is 1.06. The van der Waals surface area contributed by atoms with Crippen molar-refractivity contribution >= 4 is 5.96 Å². The fourth-order valence-corrected chi connectivity index (χ4v) is 3.63. The lowest BCUT2D eigenvalue weighted by Gasteiger charge is -2.34. The van der Waals surface area contributed by atoms with Gasteiger partial charge in [-0.2, -0.15) is 0 Å². The quantitative estimate of drug-likeness (QED) is 0.419. The Labute approximate surface area is 148 Å². The van der Waals surface area contributed by atoms with E-state index in [-0.39, 0.29) is 0 Å². The molecular weight excluding hydrogens is 302 g/mol. The van der Waals surface area contributed by atoms with E-state index in [1.165, 1.54) is 32.1 Å². The summed E-state index contributed by atoms with van der Waals surface area (Å²) in [6.45, 7) is 9.72. The van der Waals surface area contributed by atoms with Gasteiger partial charge in [-0.15, -0.1) is 0 Å². The molecule has 2 aliphatic rings. The molecule has 0 atom stereocenters. The normalized spacial score (nSPS) is 21.2. The van der Waals surface area contributed by atoms with Gasteiger partial charge < -0.3 is 19.7 Å². The minimum Gasteiger partial charge on any atom is -0.378 e. The predicted octanol–water partition coefficient (Wildman–Crippen LogP) is 3.19. The first-order valence-electron chi connectivity index (χ1n) is 10.1. The molecule has 140 valence electrons. The van der Waals surface area contributed by atoms with Crippen LogP contribution in [0, 0.1) is 0 Å². The first-order valence-corrected chi connectivity index (χ1v) is 10.1. The Balaban J connectivity index is 1.66. The highest BCUT2D eigenvalue weighted by atomic mass is 16.5. The lowest BCUT2D eigenvalue weighted by atomic mass is 9.98. The zero-order valence-electron chi connectivity index (χ0n) is 15.8. The van der Waals surface area contributed by atoms with Crippen molar-refractivity contribution in [3.8, 4) is 0 Å². The second-order valence-electron chi connectivity index (χ2n) is 6.86. The van der Waals surface area contributed by atoms with Crippen molar-refractivity contribution in [2.45, 2.75) is 77.4 Å². The number of piperidine rings is 1. The van der Waals surface area contributed by atoms with Gasteiger partial charge in [-0.05, 0) is 46.0 Å². The Morgan fingerprint density at radius 1 is 1.00 bits per heavy atom. The van der Waals surface area contributed by atoms with Crippen LogP contribution in [0.15, 0.2) is 4.99 Å². The second-order valence-corrected chi connectivity index (χ2v) is 6.86. The molecule has 0 spiro atoms. The maximum absolute atomic E-state index is 5.99. The zero-order chi connectivity index (χ0) is 17.0. The third-order valence-electron chi connectivity index (χ3n) is 4.95. The number of hydrogen-bond acceptors (Lipinski definition) is 3. The highest BCUT2D eigenvalue weighted by Gasteiger charge is 2.21. The molecule has 0 radical (unpaired) electrons. The molecule has 1 N–H and O–H groups in total. The summed E-state index contributed by atoms with van der Waals surface area (Å²) in [5, 5.41) is 3.43. The lowest BCUT2D eigenvalue weighted by molar-refractivity contribution is 0.0260. The van der Waals surface area contributed by atoms with E-state index in [0.717, 1.165) is 64.6 Å². The molecule has 5 heteroatoms. The van der Waals surface area contributed by atoms with Gasteiger partial charge in [0.2, 0.25) is 0 Å². The van der Waals surface area contributed by atoms with Crippen molar-refractivity contribution in [2.24, 2.45) is 4.99 Å². The van der Waals surface area contributed by atoms with Crippen molar-refractivity contribution < 1.29 is 9.47 Å². The van der Waals surface area contributed by atoms with Gasteiger partial charge in [0.1, 0.15) is 0 Å². The van der Waals surface area contributed by atoms with Crippen LogP contribution < -0.4 is 5.32 Å². The molecule has 0 bridgehead atoms. The van der Waals surface area contributed by atoms with E-state index in [2.05, 4.69) is 24.1 Å². The van der Waals surface area contributed by atoms with Crippen LogP contribution in [0.2, 0.25) is 0 Å². The summed E-state index contributed by atoms with van der Waals surface area (Å²) in [6.07, 6.45) is 10.7. The smallest absolute Gasteiger partial charge is 0.193 e. The van der Waals surface area contributed by atoms with Crippen LogP contribution in [0.3, 0.4) is 0 Å². The molecule has 2 rings (SSSR count). The number of hydrogen-bond donors (Lipinski definition) is 1. The van der Waals surface area contributed by atoms with Crippen molar-refractivity contribution in [1.82, 2.24) is 10.2 Å². The Hall–Kier alpha value is -0.810. The molecule has 0 aromatic heterocycles. The largest absolute Gasteiger partial charge is 0.378 e. The molecule has 1 aliphatic carbocycles. The summed E-state index contributed by atoms with van der Waals surface area (Å²) in [6, 6.07) is 0. The van der Waals surface area contributed by atoms with Crippen molar-refractivity contribution in [1.29, 1.82) is 0 Å². The molecule has 0 aromatic rings. The molecule has 0 amide bonds. The molecule has 1 saturated carbocycles. The summed E-state index contributed by atoms with van der Waals surface area (Å²) < 4.78 is 11.7. The fraction of sp³-hybridized carbons (Fsp3) is 0.947. The van der Waals surface area contributed by atoms with Gasteiger partial charge in [-0.1, -0.05) is 19.3 Å². The van der Waals surface area contributed by atoms with E-state index in [1.807, 2.05) is 0 Å². The average Bonchev–Trinajstić information content (AvgIpc) is 2.62. The first-order chi connectivity index (χ1) is 11.8. The minimum absolute atomic E-state index is 0.429. The highest BCUT2D eigenvalue weighted by molar-refractivity contribution is 5.80. The summed E-state index contributed by atoms with van der Waals surface area (Å²) >= 11 is 0. The Morgan fingerprint density at radius 3 is 2.38 bits per heavy atom. The summed E-state index contributed by atoms with van der Waals surface area (Å²) in [5.41, 5.74) is 0. The van der Waals surface area contributed by atoms with E-state index < -0.39 is 0 Å². The van der Waals surface area contributed by atoms with Gasteiger partial charge in [-0.25, -0.2) is 0 Å². The number of rotatable bonds is 8.